The topological polar surface area (TPSA) is 108 Å². The number of carbonyl (C=O) groups excluding carboxylic acids is 3. The van der Waals surface area contributed by atoms with E-state index >= 15 is 4.39 Å². The number of hydrogen-bond donors (Lipinski definition) is 1. The molecule has 1 N–H and O–H groups in total. The van der Waals surface area contributed by atoms with Gasteiger partial charge in [-0.25, -0.2) is 4.39 Å². The van der Waals surface area contributed by atoms with Gasteiger partial charge in [-0.3, -0.25) is 14.4 Å². The summed E-state index contributed by atoms with van der Waals surface area (Å²) in [4.78, 5) is 37.2. The van der Waals surface area contributed by atoms with E-state index in [1.807, 2.05) is 6.07 Å². The predicted octanol–water partition coefficient (Wildman–Crippen LogP) is 3.35. The van der Waals surface area contributed by atoms with Crippen LogP contribution in [0.4, 0.5) is 4.39 Å². The highest BCUT2D eigenvalue weighted by Crippen LogP contribution is 2.30. The van der Waals surface area contributed by atoms with Gasteiger partial charge in [-0.2, -0.15) is 0 Å². The van der Waals surface area contributed by atoms with Gasteiger partial charge in [0.1, 0.15) is 18.1 Å². The lowest BCUT2D eigenvalue weighted by Crippen LogP contribution is -2.60. The summed E-state index contributed by atoms with van der Waals surface area (Å²) in [6, 6.07) is 8.96. The molecule has 0 saturated carbocycles. The number of alkyl halides is 2. The highest BCUT2D eigenvalue weighted by molar-refractivity contribution is 6.30. The Hall–Kier alpha value is -2.23. The Bertz CT molecular complexity index is 880. The molecule has 1 aromatic rings. The highest BCUT2D eigenvalue weighted by atomic mass is 35.5. The van der Waals surface area contributed by atoms with E-state index in [0.717, 1.165) is 5.56 Å². The molecular formula is C25H34ClFO8. The average Bonchev–Trinajstić information content (AvgIpc) is 2.76. The first-order chi connectivity index (χ1) is 16.1. The maximum atomic E-state index is 15.3. The monoisotopic (exact) mass is 516 g/mol. The summed E-state index contributed by atoms with van der Waals surface area (Å²) in [6.45, 7) is 9.02. The van der Waals surface area contributed by atoms with Gasteiger partial charge in [0.15, 0.2) is 18.4 Å². The third-order valence-electron chi connectivity index (χ3n) is 5.19. The van der Waals surface area contributed by atoms with E-state index in [9.17, 15) is 19.5 Å². The summed E-state index contributed by atoms with van der Waals surface area (Å²) in [7, 11) is 0. The normalized spacial score (nSPS) is 25.9. The zero-order valence-electron chi connectivity index (χ0n) is 20.8. The van der Waals surface area contributed by atoms with E-state index in [0.29, 0.717) is 0 Å². The van der Waals surface area contributed by atoms with E-state index < -0.39 is 71.5 Å². The minimum Gasteiger partial charge on any atom is -0.462 e. The van der Waals surface area contributed by atoms with Gasteiger partial charge in [0.25, 0.3) is 0 Å². The van der Waals surface area contributed by atoms with Crippen molar-refractivity contribution < 1.29 is 42.8 Å². The van der Waals surface area contributed by atoms with E-state index in [1.54, 1.807) is 65.8 Å². The van der Waals surface area contributed by atoms with E-state index in [-0.39, 0.29) is 6.42 Å². The van der Waals surface area contributed by atoms with Crippen molar-refractivity contribution in [3.8, 4) is 0 Å². The molecule has 1 aliphatic rings. The van der Waals surface area contributed by atoms with Crippen molar-refractivity contribution >= 4 is 29.5 Å². The van der Waals surface area contributed by atoms with Gasteiger partial charge in [0, 0.05) is 0 Å². The number of rotatable bonds is 7. The Balaban J connectivity index is 2.18. The Morgan fingerprint density at radius 1 is 1.03 bits per heavy atom. The molecule has 1 aromatic carbocycles. The van der Waals surface area contributed by atoms with E-state index in [1.165, 1.54) is 0 Å². The minimum atomic E-state index is -2.06. The second-order valence-electron chi connectivity index (χ2n) is 10.5. The smallest absolute Gasteiger partial charge is 0.326 e. The van der Waals surface area contributed by atoms with E-state index in [4.69, 9.17) is 30.5 Å². The molecule has 8 nitrogen and oxygen atoms in total. The fourth-order valence-electron chi connectivity index (χ4n) is 3.01. The number of esters is 3. The Morgan fingerprint density at radius 2 is 1.60 bits per heavy atom. The molecule has 0 amide bonds. The van der Waals surface area contributed by atoms with Crippen LogP contribution in [0.25, 0.3) is 0 Å². The average molecular weight is 517 g/mol. The summed E-state index contributed by atoms with van der Waals surface area (Å²) in [5, 5.41) is 9.57. The van der Waals surface area contributed by atoms with Gasteiger partial charge in [-0.1, -0.05) is 30.3 Å². The third-order valence-corrected chi connectivity index (χ3v) is 5.52. The number of ether oxygens (including phenoxy) is 4. The number of aliphatic hydroxyl groups is 1. The Kier molecular flexibility index (Phi) is 9.67. The maximum Gasteiger partial charge on any atom is 0.326 e. The quantitative estimate of drug-likeness (QED) is 0.334. The van der Waals surface area contributed by atoms with Crippen LogP contribution in [0.15, 0.2) is 30.3 Å². The minimum absolute atomic E-state index is 0.144. The van der Waals surface area contributed by atoms with Crippen LogP contribution in [0.2, 0.25) is 0 Å². The van der Waals surface area contributed by atoms with Crippen molar-refractivity contribution in [2.75, 3.05) is 6.61 Å². The van der Waals surface area contributed by atoms with Gasteiger partial charge < -0.3 is 24.1 Å². The van der Waals surface area contributed by atoms with Gasteiger partial charge in [0.05, 0.1) is 10.8 Å². The Labute approximate surface area is 210 Å². The fourth-order valence-corrected chi connectivity index (χ4v) is 3.24. The summed E-state index contributed by atoms with van der Waals surface area (Å²) < 4.78 is 36.4. The highest BCUT2D eigenvalue weighted by Gasteiger charge is 2.51. The number of carbonyl (C=O) groups is 3. The van der Waals surface area contributed by atoms with Crippen molar-refractivity contribution in [1.82, 2.24) is 0 Å². The molecule has 1 heterocycles. The molecule has 0 spiro atoms. The van der Waals surface area contributed by atoms with Crippen LogP contribution in [0.1, 0.15) is 47.1 Å². The predicted molar refractivity (Wildman–Crippen MR) is 125 cm³/mol. The number of aliphatic hydroxyl groups excluding tert-OH is 1. The van der Waals surface area contributed by atoms with Crippen LogP contribution < -0.4 is 0 Å². The van der Waals surface area contributed by atoms with Gasteiger partial charge in [-0.05, 0) is 53.5 Å². The third kappa shape index (κ3) is 8.15. The molecule has 0 radical (unpaired) electrons. The number of benzene rings is 1. The van der Waals surface area contributed by atoms with Crippen molar-refractivity contribution in [3.05, 3.63) is 35.9 Å². The van der Waals surface area contributed by atoms with Gasteiger partial charge in [-0.15, -0.1) is 11.6 Å². The largest absolute Gasteiger partial charge is 0.462 e. The molecule has 1 aliphatic heterocycles. The molecule has 2 rings (SSSR count). The van der Waals surface area contributed by atoms with Crippen molar-refractivity contribution in [2.45, 2.75) is 84.1 Å². The summed E-state index contributed by atoms with van der Waals surface area (Å²) in [5.41, 5.74) is -1.07. The second-order valence-corrected chi connectivity index (χ2v) is 11.1. The second kappa shape index (κ2) is 11.7. The number of halogens is 2. The standard InChI is InChI=1S/C25H34ClFO8/c1-24(2,3)22(30)32-13-16-17(27)19(34-23(31)25(4,5)6)18(28)21(33-16)35-20(29)15(26)12-14-10-8-7-9-11-14/h7-11,15-19,21,28H,12-13H2,1-6H3/t15?,16-,17-,18-,19+,21-/m1/s1. The summed E-state index contributed by atoms with van der Waals surface area (Å²) in [5.74, 6) is -2.30. The van der Waals surface area contributed by atoms with Crippen molar-refractivity contribution in [1.29, 1.82) is 0 Å². The summed E-state index contributed by atoms with van der Waals surface area (Å²) in [6.07, 6.45) is -8.66. The van der Waals surface area contributed by atoms with Crippen LogP contribution in [-0.2, 0) is 39.8 Å². The first-order valence-corrected chi connectivity index (χ1v) is 11.8. The molecule has 35 heavy (non-hydrogen) atoms. The fraction of sp³-hybridized carbons (Fsp3) is 0.640. The van der Waals surface area contributed by atoms with E-state index in [2.05, 4.69) is 0 Å². The molecule has 1 unspecified atom stereocenters. The zero-order valence-corrected chi connectivity index (χ0v) is 21.6. The molecular weight excluding hydrogens is 483 g/mol. The molecule has 196 valence electrons. The molecule has 0 bridgehead atoms. The lowest BCUT2D eigenvalue weighted by Gasteiger charge is -2.41. The molecule has 1 fully saturated rings. The molecule has 1 saturated heterocycles. The zero-order chi connectivity index (χ0) is 26.6. The first-order valence-electron chi connectivity index (χ1n) is 11.4. The van der Waals surface area contributed by atoms with Crippen molar-refractivity contribution in [2.24, 2.45) is 10.8 Å². The van der Waals surface area contributed by atoms with Crippen LogP contribution in [0.3, 0.4) is 0 Å². The van der Waals surface area contributed by atoms with Crippen LogP contribution in [0.5, 0.6) is 0 Å². The van der Waals surface area contributed by atoms with Crippen LogP contribution in [0, 0.1) is 10.8 Å². The SMILES string of the molecule is CC(C)(C)C(=O)OC[C@H]1O[C@H](OC(=O)C(Cl)Cc2ccccc2)[C@H](O)[C@@H](OC(=O)C(C)(C)C)[C@@H]1F. The summed E-state index contributed by atoms with van der Waals surface area (Å²) >= 11 is 6.19. The van der Waals surface area contributed by atoms with Crippen molar-refractivity contribution in [3.63, 3.8) is 0 Å². The van der Waals surface area contributed by atoms with Crippen LogP contribution in [-0.4, -0.2) is 65.8 Å². The first kappa shape index (κ1) is 29.0. The molecule has 0 aromatic heterocycles. The number of hydrogen-bond acceptors (Lipinski definition) is 8. The van der Waals surface area contributed by atoms with Gasteiger partial charge in [0.2, 0.25) is 6.29 Å². The molecule has 6 atom stereocenters. The van der Waals surface area contributed by atoms with Crippen LogP contribution >= 0.6 is 11.6 Å². The Morgan fingerprint density at radius 3 is 2.14 bits per heavy atom. The van der Waals surface area contributed by atoms with Gasteiger partial charge >= 0.3 is 17.9 Å². The lowest BCUT2D eigenvalue weighted by molar-refractivity contribution is -0.287. The lowest BCUT2D eigenvalue weighted by atomic mass is 9.95. The molecule has 0 aliphatic carbocycles. The maximum absolute atomic E-state index is 15.3. The molecule has 10 heteroatoms.